The lowest BCUT2D eigenvalue weighted by Gasteiger charge is -2.03. The Hall–Kier alpha value is -2.66. The summed E-state index contributed by atoms with van der Waals surface area (Å²) in [6.45, 7) is 2.61. The predicted molar refractivity (Wildman–Crippen MR) is 102 cm³/mol. The van der Waals surface area contributed by atoms with Gasteiger partial charge in [-0.05, 0) is 43.2 Å². The monoisotopic (exact) mass is 352 g/mol. The highest BCUT2D eigenvalue weighted by atomic mass is 32.1. The highest BCUT2D eigenvalue weighted by Gasteiger charge is 2.08. The van der Waals surface area contributed by atoms with Crippen molar-refractivity contribution in [2.75, 3.05) is 11.9 Å². The van der Waals surface area contributed by atoms with Gasteiger partial charge in [0.1, 0.15) is 5.75 Å². The molecule has 1 amide bonds. The quantitative estimate of drug-likeness (QED) is 0.666. The highest BCUT2D eigenvalue weighted by Crippen LogP contribution is 2.26. The van der Waals surface area contributed by atoms with Crippen LogP contribution in [-0.2, 0) is 11.2 Å². The van der Waals surface area contributed by atoms with Gasteiger partial charge in [0.2, 0.25) is 5.91 Å². The van der Waals surface area contributed by atoms with Crippen molar-refractivity contribution in [3.05, 3.63) is 65.5 Å². The second kappa shape index (κ2) is 8.44. The summed E-state index contributed by atoms with van der Waals surface area (Å²) in [6, 6.07) is 17.8. The Balaban J connectivity index is 1.56. The van der Waals surface area contributed by atoms with Crippen molar-refractivity contribution >= 4 is 22.4 Å². The van der Waals surface area contributed by atoms with E-state index in [4.69, 9.17) is 4.74 Å². The van der Waals surface area contributed by atoms with Gasteiger partial charge >= 0.3 is 0 Å². The van der Waals surface area contributed by atoms with E-state index in [0.717, 1.165) is 29.0 Å². The first-order valence-corrected chi connectivity index (χ1v) is 9.15. The molecule has 0 bridgehead atoms. The summed E-state index contributed by atoms with van der Waals surface area (Å²) >= 11 is 1.43. The van der Waals surface area contributed by atoms with Crippen LogP contribution in [0.15, 0.2) is 60.0 Å². The molecule has 25 heavy (non-hydrogen) atoms. The van der Waals surface area contributed by atoms with Crippen molar-refractivity contribution in [2.24, 2.45) is 0 Å². The largest absolute Gasteiger partial charge is 0.494 e. The summed E-state index contributed by atoms with van der Waals surface area (Å²) in [4.78, 5) is 16.6. The maximum Gasteiger partial charge on any atom is 0.226 e. The summed E-state index contributed by atoms with van der Waals surface area (Å²) in [6.07, 6.45) is 1.17. The molecule has 128 valence electrons. The third kappa shape index (κ3) is 4.90. The van der Waals surface area contributed by atoms with Gasteiger partial charge in [-0.2, -0.15) is 0 Å². The van der Waals surface area contributed by atoms with Gasteiger partial charge in [-0.1, -0.05) is 30.3 Å². The molecule has 3 aromatic rings. The molecule has 0 unspecified atom stereocenters. The molecule has 2 aromatic carbocycles. The third-order valence-corrected chi connectivity index (χ3v) is 4.45. The molecule has 0 aliphatic heterocycles. The van der Waals surface area contributed by atoms with Crippen molar-refractivity contribution in [3.63, 3.8) is 0 Å². The fraction of sp³-hybridized carbons (Fsp3) is 0.200. The minimum absolute atomic E-state index is 0.0172. The Bertz CT molecular complexity index is 813. The van der Waals surface area contributed by atoms with E-state index < -0.39 is 0 Å². The van der Waals surface area contributed by atoms with Gasteiger partial charge in [-0.3, -0.25) is 4.79 Å². The molecule has 0 fully saturated rings. The van der Waals surface area contributed by atoms with E-state index in [1.807, 2.05) is 66.9 Å². The van der Waals surface area contributed by atoms with Crippen LogP contribution >= 0.6 is 11.3 Å². The van der Waals surface area contributed by atoms with Crippen molar-refractivity contribution in [1.82, 2.24) is 4.98 Å². The first-order chi connectivity index (χ1) is 12.2. The number of ether oxygens (including phenoxy) is 1. The Labute approximate surface area is 151 Å². The van der Waals surface area contributed by atoms with Crippen LogP contribution < -0.4 is 10.1 Å². The summed E-state index contributed by atoms with van der Waals surface area (Å²) in [7, 11) is 0. The van der Waals surface area contributed by atoms with Crippen molar-refractivity contribution < 1.29 is 9.53 Å². The molecule has 0 atom stereocenters. The smallest absolute Gasteiger partial charge is 0.226 e. The molecule has 4 nitrogen and oxygen atoms in total. The molecule has 0 radical (unpaired) electrons. The number of carbonyl (C=O) groups excluding carboxylic acids is 1. The highest BCUT2D eigenvalue weighted by molar-refractivity contribution is 7.14. The molecule has 0 aliphatic rings. The standard InChI is InChI=1S/C20H20N2O2S/c1-2-24-17-11-9-16(10-12-17)18-14-25-20(21-18)22-19(23)13-8-15-6-4-3-5-7-15/h3-7,9-12,14H,2,8,13H2,1H3,(H,21,22,23). The molecular weight excluding hydrogens is 332 g/mol. The lowest BCUT2D eigenvalue weighted by atomic mass is 10.1. The minimum Gasteiger partial charge on any atom is -0.494 e. The number of benzene rings is 2. The molecule has 5 heteroatoms. The predicted octanol–water partition coefficient (Wildman–Crippen LogP) is 4.78. The lowest BCUT2D eigenvalue weighted by Crippen LogP contribution is -2.12. The number of aromatic nitrogens is 1. The zero-order valence-electron chi connectivity index (χ0n) is 14.1. The number of aryl methyl sites for hydroxylation is 1. The van der Waals surface area contributed by atoms with Crippen molar-refractivity contribution in [2.45, 2.75) is 19.8 Å². The van der Waals surface area contributed by atoms with E-state index in [1.54, 1.807) is 0 Å². The first kappa shape index (κ1) is 17.2. The SMILES string of the molecule is CCOc1ccc(-c2csc(NC(=O)CCc3ccccc3)n2)cc1. The van der Waals surface area contributed by atoms with Gasteiger partial charge in [-0.15, -0.1) is 11.3 Å². The van der Waals surface area contributed by atoms with Gasteiger partial charge in [0.25, 0.3) is 0 Å². The number of hydrogen-bond acceptors (Lipinski definition) is 4. The fourth-order valence-corrected chi connectivity index (χ4v) is 3.17. The van der Waals surface area contributed by atoms with Crippen LogP contribution in [0.5, 0.6) is 5.75 Å². The van der Waals surface area contributed by atoms with Crippen LogP contribution in [0.25, 0.3) is 11.3 Å². The zero-order valence-corrected chi connectivity index (χ0v) is 14.9. The van der Waals surface area contributed by atoms with Gasteiger partial charge < -0.3 is 10.1 Å². The molecule has 0 aliphatic carbocycles. The first-order valence-electron chi connectivity index (χ1n) is 8.27. The Kier molecular flexibility index (Phi) is 5.80. The zero-order chi connectivity index (χ0) is 17.5. The number of nitrogens with zero attached hydrogens (tertiary/aromatic N) is 1. The van der Waals surface area contributed by atoms with Gasteiger partial charge in [0, 0.05) is 17.4 Å². The number of rotatable bonds is 7. The van der Waals surface area contributed by atoms with E-state index in [0.29, 0.717) is 18.2 Å². The Morgan fingerprint density at radius 1 is 1.12 bits per heavy atom. The lowest BCUT2D eigenvalue weighted by molar-refractivity contribution is -0.116. The summed E-state index contributed by atoms with van der Waals surface area (Å²) in [5, 5.41) is 5.45. The van der Waals surface area contributed by atoms with Crippen LogP contribution in [0, 0.1) is 0 Å². The summed E-state index contributed by atoms with van der Waals surface area (Å²) < 4.78 is 5.44. The molecular formula is C20H20N2O2S. The van der Waals surface area contributed by atoms with Gasteiger partial charge in [0.15, 0.2) is 5.13 Å². The number of amides is 1. The Morgan fingerprint density at radius 3 is 2.60 bits per heavy atom. The summed E-state index contributed by atoms with van der Waals surface area (Å²) in [5.41, 5.74) is 3.02. The van der Waals surface area contributed by atoms with Crippen LogP contribution in [0.3, 0.4) is 0 Å². The molecule has 0 saturated heterocycles. The van der Waals surface area contributed by atoms with Crippen LogP contribution in [0.4, 0.5) is 5.13 Å². The van der Waals surface area contributed by atoms with Gasteiger partial charge in [-0.25, -0.2) is 4.98 Å². The number of nitrogens with one attached hydrogen (secondary N) is 1. The average molecular weight is 352 g/mol. The normalized spacial score (nSPS) is 10.4. The second-order valence-electron chi connectivity index (χ2n) is 5.53. The maximum absolute atomic E-state index is 12.1. The minimum atomic E-state index is -0.0172. The summed E-state index contributed by atoms with van der Waals surface area (Å²) in [5.74, 6) is 0.826. The number of hydrogen-bond donors (Lipinski definition) is 1. The number of carbonyl (C=O) groups is 1. The van der Waals surface area contributed by atoms with Crippen molar-refractivity contribution in [3.8, 4) is 17.0 Å². The second-order valence-corrected chi connectivity index (χ2v) is 6.39. The molecule has 1 N–H and O–H groups in total. The van der Waals surface area contributed by atoms with Gasteiger partial charge in [0.05, 0.1) is 12.3 Å². The van der Waals surface area contributed by atoms with E-state index in [1.165, 1.54) is 11.3 Å². The molecule has 1 heterocycles. The van der Waals surface area contributed by atoms with Crippen LogP contribution in [0.1, 0.15) is 18.9 Å². The maximum atomic E-state index is 12.1. The number of anilines is 1. The van der Waals surface area contributed by atoms with Crippen molar-refractivity contribution in [1.29, 1.82) is 0 Å². The van der Waals surface area contributed by atoms with E-state index in [9.17, 15) is 4.79 Å². The molecule has 1 aromatic heterocycles. The molecule has 0 saturated carbocycles. The Morgan fingerprint density at radius 2 is 1.88 bits per heavy atom. The van der Waals surface area contributed by atoms with E-state index in [2.05, 4.69) is 10.3 Å². The van der Waals surface area contributed by atoms with Crippen LogP contribution in [0.2, 0.25) is 0 Å². The molecule has 0 spiro atoms. The molecule has 3 rings (SSSR count). The van der Waals surface area contributed by atoms with E-state index >= 15 is 0 Å². The van der Waals surface area contributed by atoms with Crippen LogP contribution in [-0.4, -0.2) is 17.5 Å². The fourth-order valence-electron chi connectivity index (χ4n) is 2.44. The average Bonchev–Trinajstić information content (AvgIpc) is 3.10. The van der Waals surface area contributed by atoms with E-state index in [-0.39, 0.29) is 5.91 Å². The third-order valence-electron chi connectivity index (χ3n) is 3.70. The topological polar surface area (TPSA) is 51.2 Å². The number of thiazole rings is 1.